The number of hydrogen-bond donors (Lipinski definition) is 2. The first-order valence-corrected chi connectivity index (χ1v) is 6.77. The van der Waals surface area contributed by atoms with E-state index in [1.54, 1.807) is 0 Å². The van der Waals surface area contributed by atoms with Crippen LogP contribution in [-0.4, -0.2) is 25.0 Å². The maximum atomic E-state index is 12.0. The van der Waals surface area contributed by atoms with Crippen molar-refractivity contribution in [1.82, 2.24) is 10.6 Å². The van der Waals surface area contributed by atoms with Crippen molar-refractivity contribution < 1.29 is 4.79 Å². The Bertz CT molecular complexity index is 228. The Morgan fingerprint density at radius 2 is 1.69 bits per heavy atom. The van der Waals surface area contributed by atoms with Gasteiger partial charge in [0.05, 0.1) is 0 Å². The minimum absolute atomic E-state index is 0.264. The van der Waals surface area contributed by atoms with Gasteiger partial charge in [-0.25, -0.2) is 0 Å². The third kappa shape index (κ3) is 3.21. The first-order chi connectivity index (χ1) is 7.75. The van der Waals surface area contributed by atoms with Crippen LogP contribution in [0.15, 0.2) is 0 Å². The Morgan fingerprint density at radius 1 is 1.06 bits per heavy atom. The van der Waals surface area contributed by atoms with Crippen LogP contribution < -0.4 is 10.6 Å². The molecule has 0 aromatic carbocycles. The van der Waals surface area contributed by atoms with Crippen molar-refractivity contribution in [1.29, 1.82) is 0 Å². The van der Waals surface area contributed by atoms with Crippen LogP contribution in [0.25, 0.3) is 0 Å². The Balaban J connectivity index is 1.73. The fraction of sp³-hybridized carbons (Fsp3) is 0.923. The van der Waals surface area contributed by atoms with Gasteiger partial charge < -0.3 is 10.6 Å². The molecule has 16 heavy (non-hydrogen) atoms. The third-order valence-electron chi connectivity index (χ3n) is 4.07. The zero-order valence-electron chi connectivity index (χ0n) is 10.3. The molecule has 0 unspecified atom stereocenters. The molecule has 2 aliphatic rings. The molecule has 0 aromatic heterocycles. The lowest BCUT2D eigenvalue weighted by atomic mass is 9.87. The van der Waals surface area contributed by atoms with Crippen LogP contribution in [-0.2, 0) is 4.79 Å². The maximum absolute atomic E-state index is 12.0. The molecular weight excluding hydrogens is 200 g/mol. The van der Waals surface area contributed by atoms with Gasteiger partial charge >= 0.3 is 0 Å². The van der Waals surface area contributed by atoms with E-state index in [0.29, 0.717) is 11.9 Å². The monoisotopic (exact) mass is 224 g/mol. The topological polar surface area (TPSA) is 41.1 Å². The Morgan fingerprint density at radius 3 is 2.31 bits per heavy atom. The molecule has 1 heterocycles. The average Bonchev–Trinajstić information content (AvgIpc) is 2.33. The molecule has 1 saturated carbocycles. The van der Waals surface area contributed by atoms with Gasteiger partial charge in [-0.2, -0.15) is 0 Å². The largest absolute Gasteiger partial charge is 0.353 e. The molecule has 2 rings (SSSR count). The Labute approximate surface area is 98.4 Å². The molecule has 0 radical (unpaired) electrons. The van der Waals surface area contributed by atoms with Crippen LogP contribution in [0.5, 0.6) is 0 Å². The van der Waals surface area contributed by atoms with Crippen LogP contribution in [0.2, 0.25) is 0 Å². The Kier molecular flexibility index (Phi) is 4.22. The first kappa shape index (κ1) is 11.9. The van der Waals surface area contributed by atoms with E-state index in [1.807, 2.05) is 0 Å². The van der Waals surface area contributed by atoms with E-state index in [4.69, 9.17) is 0 Å². The predicted molar refractivity (Wildman–Crippen MR) is 65.2 cm³/mol. The van der Waals surface area contributed by atoms with Gasteiger partial charge in [0, 0.05) is 12.0 Å². The van der Waals surface area contributed by atoms with Gasteiger partial charge in [-0.1, -0.05) is 6.92 Å². The van der Waals surface area contributed by atoms with E-state index in [9.17, 15) is 4.79 Å². The highest BCUT2D eigenvalue weighted by molar-refractivity contribution is 5.79. The van der Waals surface area contributed by atoms with Crippen LogP contribution >= 0.6 is 0 Å². The highest BCUT2D eigenvalue weighted by Crippen LogP contribution is 2.24. The summed E-state index contributed by atoms with van der Waals surface area (Å²) in [6.07, 6.45) is 6.92. The Hall–Kier alpha value is -0.570. The summed E-state index contributed by atoms with van der Waals surface area (Å²) in [6, 6.07) is 0.457. The van der Waals surface area contributed by atoms with Gasteiger partial charge in [-0.3, -0.25) is 4.79 Å². The van der Waals surface area contributed by atoms with Gasteiger partial charge in [0.2, 0.25) is 5.91 Å². The lowest BCUT2D eigenvalue weighted by Crippen LogP contribution is -2.43. The molecule has 1 aliphatic carbocycles. The number of amides is 1. The van der Waals surface area contributed by atoms with Crippen LogP contribution in [0, 0.1) is 11.8 Å². The number of hydrogen-bond acceptors (Lipinski definition) is 2. The normalized spacial score (nSPS) is 32.3. The molecule has 0 bridgehead atoms. The van der Waals surface area contributed by atoms with Gasteiger partial charge in [0.1, 0.15) is 0 Å². The van der Waals surface area contributed by atoms with Gasteiger partial charge in [0.25, 0.3) is 0 Å². The average molecular weight is 224 g/mol. The van der Waals surface area contributed by atoms with Crippen molar-refractivity contribution in [3.05, 3.63) is 0 Å². The smallest absolute Gasteiger partial charge is 0.223 e. The molecule has 1 amide bonds. The summed E-state index contributed by atoms with van der Waals surface area (Å²) in [4.78, 5) is 12.0. The molecular formula is C13H24N2O. The fourth-order valence-electron chi connectivity index (χ4n) is 2.81. The van der Waals surface area contributed by atoms with E-state index in [2.05, 4.69) is 17.6 Å². The first-order valence-electron chi connectivity index (χ1n) is 6.77. The second kappa shape index (κ2) is 5.67. The van der Waals surface area contributed by atoms with Crippen molar-refractivity contribution in [2.45, 2.75) is 51.5 Å². The van der Waals surface area contributed by atoms with E-state index < -0.39 is 0 Å². The van der Waals surface area contributed by atoms with Gasteiger partial charge in [-0.05, 0) is 57.5 Å². The SMILES string of the molecule is CC1CCC(NC(=O)C2CCNCC2)CC1. The van der Waals surface area contributed by atoms with Gasteiger partial charge in [0.15, 0.2) is 0 Å². The number of carbonyl (C=O) groups is 1. The van der Waals surface area contributed by atoms with Gasteiger partial charge in [-0.15, -0.1) is 0 Å². The number of piperidine rings is 1. The molecule has 2 fully saturated rings. The second-order valence-electron chi connectivity index (χ2n) is 5.49. The second-order valence-corrected chi connectivity index (χ2v) is 5.49. The molecule has 1 aliphatic heterocycles. The number of carbonyl (C=O) groups excluding carboxylic acids is 1. The van der Waals surface area contributed by atoms with E-state index in [0.717, 1.165) is 31.8 Å². The van der Waals surface area contributed by atoms with Crippen molar-refractivity contribution in [2.24, 2.45) is 11.8 Å². The van der Waals surface area contributed by atoms with E-state index in [1.165, 1.54) is 25.7 Å². The van der Waals surface area contributed by atoms with Crippen LogP contribution in [0.4, 0.5) is 0 Å². The molecule has 0 spiro atoms. The summed E-state index contributed by atoms with van der Waals surface area (Å²) in [6.45, 7) is 4.31. The summed E-state index contributed by atoms with van der Waals surface area (Å²) >= 11 is 0. The summed E-state index contributed by atoms with van der Waals surface area (Å²) < 4.78 is 0. The molecule has 1 saturated heterocycles. The molecule has 0 atom stereocenters. The third-order valence-corrected chi connectivity index (χ3v) is 4.07. The van der Waals surface area contributed by atoms with Crippen LogP contribution in [0.1, 0.15) is 45.4 Å². The summed E-state index contributed by atoms with van der Waals surface area (Å²) in [5.74, 6) is 1.42. The fourth-order valence-corrected chi connectivity index (χ4v) is 2.81. The summed E-state index contributed by atoms with van der Waals surface area (Å²) in [5.41, 5.74) is 0. The molecule has 3 heteroatoms. The minimum atomic E-state index is 0.264. The zero-order valence-corrected chi connectivity index (χ0v) is 10.3. The molecule has 3 nitrogen and oxygen atoms in total. The summed E-state index contributed by atoms with van der Waals surface area (Å²) in [7, 11) is 0. The van der Waals surface area contributed by atoms with Crippen molar-refractivity contribution in [2.75, 3.05) is 13.1 Å². The number of nitrogens with one attached hydrogen (secondary N) is 2. The quantitative estimate of drug-likeness (QED) is 0.749. The lowest BCUT2D eigenvalue weighted by molar-refractivity contribution is -0.126. The maximum Gasteiger partial charge on any atom is 0.223 e. The molecule has 0 aromatic rings. The van der Waals surface area contributed by atoms with E-state index >= 15 is 0 Å². The van der Waals surface area contributed by atoms with Crippen molar-refractivity contribution >= 4 is 5.91 Å². The van der Waals surface area contributed by atoms with Crippen molar-refractivity contribution in [3.8, 4) is 0 Å². The molecule has 92 valence electrons. The molecule has 2 N–H and O–H groups in total. The highest BCUT2D eigenvalue weighted by Gasteiger charge is 2.25. The minimum Gasteiger partial charge on any atom is -0.353 e. The number of rotatable bonds is 2. The standard InChI is InChI=1S/C13H24N2O/c1-10-2-4-12(5-3-10)15-13(16)11-6-8-14-9-7-11/h10-12,14H,2-9H2,1H3,(H,15,16). The lowest BCUT2D eigenvalue weighted by Gasteiger charge is -2.29. The highest BCUT2D eigenvalue weighted by atomic mass is 16.1. The predicted octanol–water partition coefficient (Wildman–Crippen LogP) is 1.68. The summed E-state index contributed by atoms with van der Waals surface area (Å²) in [5, 5.41) is 6.54. The van der Waals surface area contributed by atoms with Crippen molar-refractivity contribution in [3.63, 3.8) is 0 Å². The van der Waals surface area contributed by atoms with Crippen LogP contribution in [0.3, 0.4) is 0 Å². The van der Waals surface area contributed by atoms with E-state index in [-0.39, 0.29) is 5.92 Å². The zero-order chi connectivity index (χ0) is 11.4.